The molecule has 0 saturated carbocycles. The standard InChI is InChI=1S/C10H6ClN5O/c11-7-3-1-6(2-4-7)10-14-9(16-17-10)8-12-5-13-15-8/h1-5H,(H,12,13,15). The van der Waals surface area contributed by atoms with Crippen LogP contribution in [-0.4, -0.2) is 25.3 Å². The topological polar surface area (TPSA) is 80.5 Å². The van der Waals surface area contributed by atoms with E-state index in [9.17, 15) is 0 Å². The van der Waals surface area contributed by atoms with Crippen LogP contribution in [0, 0.1) is 0 Å². The highest BCUT2D eigenvalue weighted by Crippen LogP contribution is 2.21. The second-order valence-electron chi connectivity index (χ2n) is 3.26. The van der Waals surface area contributed by atoms with Gasteiger partial charge in [0.25, 0.3) is 5.89 Å². The fraction of sp³-hybridized carbons (Fsp3) is 0. The summed E-state index contributed by atoms with van der Waals surface area (Å²) in [5.74, 6) is 1.24. The van der Waals surface area contributed by atoms with Crippen molar-refractivity contribution < 1.29 is 4.52 Å². The number of aromatic nitrogens is 5. The Labute approximate surface area is 101 Å². The van der Waals surface area contributed by atoms with E-state index in [4.69, 9.17) is 16.1 Å². The van der Waals surface area contributed by atoms with E-state index < -0.39 is 0 Å². The van der Waals surface area contributed by atoms with Crippen LogP contribution in [-0.2, 0) is 0 Å². The number of nitrogens with one attached hydrogen (secondary N) is 1. The summed E-state index contributed by atoms with van der Waals surface area (Å²) in [7, 11) is 0. The van der Waals surface area contributed by atoms with Gasteiger partial charge in [0.1, 0.15) is 6.33 Å². The Bertz CT molecular complexity index is 616. The maximum atomic E-state index is 5.80. The average molecular weight is 248 g/mol. The molecule has 2 heterocycles. The number of benzene rings is 1. The Morgan fingerprint density at radius 3 is 2.71 bits per heavy atom. The lowest BCUT2D eigenvalue weighted by Crippen LogP contribution is -1.83. The molecule has 17 heavy (non-hydrogen) atoms. The molecule has 0 aliphatic heterocycles. The smallest absolute Gasteiger partial charge is 0.258 e. The maximum absolute atomic E-state index is 5.80. The van der Waals surface area contributed by atoms with Gasteiger partial charge in [0.15, 0.2) is 5.82 Å². The van der Waals surface area contributed by atoms with Crippen molar-refractivity contribution in [2.45, 2.75) is 0 Å². The van der Waals surface area contributed by atoms with Crippen molar-refractivity contribution in [3.8, 4) is 23.1 Å². The van der Waals surface area contributed by atoms with Gasteiger partial charge in [0, 0.05) is 10.6 Å². The average Bonchev–Trinajstić information content (AvgIpc) is 3.00. The summed E-state index contributed by atoms with van der Waals surface area (Å²) in [5.41, 5.74) is 0.799. The van der Waals surface area contributed by atoms with E-state index in [-0.39, 0.29) is 0 Å². The van der Waals surface area contributed by atoms with E-state index in [1.165, 1.54) is 6.33 Å². The zero-order chi connectivity index (χ0) is 11.7. The summed E-state index contributed by atoms with van der Waals surface area (Å²) in [6.45, 7) is 0. The molecular weight excluding hydrogens is 242 g/mol. The first-order valence-electron chi connectivity index (χ1n) is 4.78. The third-order valence-corrected chi connectivity index (χ3v) is 2.40. The molecule has 0 bridgehead atoms. The van der Waals surface area contributed by atoms with Gasteiger partial charge in [-0.1, -0.05) is 16.8 Å². The lowest BCUT2D eigenvalue weighted by atomic mass is 10.2. The van der Waals surface area contributed by atoms with Crippen molar-refractivity contribution >= 4 is 11.6 Å². The Morgan fingerprint density at radius 1 is 1.18 bits per heavy atom. The van der Waals surface area contributed by atoms with Crippen LogP contribution in [0.3, 0.4) is 0 Å². The summed E-state index contributed by atoms with van der Waals surface area (Å²) in [6.07, 6.45) is 1.38. The Balaban J connectivity index is 1.98. The van der Waals surface area contributed by atoms with Crippen LogP contribution in [0.4, 0.5) is 0 Å². The van der Waals surface area contributed by atoms with Crippen LogP contribution < -0.4 is 0 Å². The van der Waals surface area contributed by atoms with Gasteiger partial charge in [0.05, 0.1) is 0 Å². The Kier molecular flexibility index (Phi) is 2.34. The van der Waals surface area contributed by atoms with Crippen LogP contribution in [0.1, 0.15) is 0 Å². The molecule has 0 saturated heterocycles. The third-order valence-electron chi connectivity index (χ3n) is 2.14. The normalized spacial score (nSPS) is 10.6. The van der Waals surface area contributed by atoms with Crippen LogP contribution in [0.5, 0.6) is 0 Å². The van der Waals surface area contributed by atoms with Gasteiger partial charge in [-0.15, -0.1) is 0 Å². The predicted molar refractivity (Wildman–Crippen MR) is 60.1 cm³/mol. The summed E-state index contributed by atoms with van der Waals surface area (Å²) in [4.78, 5) is 8.13. The van der Waals surface area contributed by atoms with Crippen molar-refractivity contribution in [3.63, 3.8) is 0 Å². The lowest BCUT2D eigenvalue weighted by Gasteiger charge is -1.92. The maximum Gasteiger partial charge on any atom is 0.258 e. The Morgan fingerprint density at radius 2 is 2.00 bits per heavy atom. The summed E-state index contributed by atoms with van der Waals surface area (Å²) >= 11 is 5.80. The number of hydrogen-bond donors (Lipinski definition) is 1. The van der Waals surface area contributed by atoms with E-state index in [2.05, 4.69) is 25.3 Å². The van der Waals surface area contributed by atoms with E-state index in [0.29, 0.717) is 22.6 Å². The van der Waals surface area contributed by atoms with Gasteiger partial charge in [-0.05, 0) is 24.3 Å². The molecule has 7 heteroatoms. The van der Waals surface area contributed by atoms with E-state index in [1.807, 2.05) is 0 Å². The van der Waals surface area contributed by atoms with E-state index in [0.717, 1.165) is 5.56 Å². The van der Waals surface area contributed by atoms with Crippen molar-refractivity contribution in [3.05, 3.63) is 35.6 Å². The molecule has 0 atom stereocenters. The minimum absolute atomic E-state index is 0.368. The largest absolute Gasteiger partial charge is 0.334 e. The molecule has 1 aromatic carbocycles. The fourth-order valence-electron chi connectivity index (χ4n) is 1.34. The number of halogens is 1. The fourth-order valence-corrected chi connectivity index (χ4v) is 1.47. The quantitative estimate of drug-likeness (QED) is 0.751. The minimum Gasteiger partial charge on any atom is -0.334 e. The van der Waals surface area contributed by atoms with Gasteiger partial charge in [-0.3, -0.25) is 5.10 Å². The lowest BCUT2D eigenvalue weighted by molar-refractivity contribution is 0.432. The zero-order valence-electron chi connectivity index (χ0n) is 8.46. The first-order chi connectivity index (χ1) is 8.33. The van der Waals surface area contributed by atoms with Gasteiger partial charge < -0.3 is 4.52 Å². The van der Waals surface area contributed by atoms with Gasteiger partial charge >= 0.3 is 0 Å². The molecule has 0 spiro atoms. The molecule has 3 aromatic rings. The molecule has 0 aliphatic rings. The highest BCUT2D eigenvalue weighted by atomic mass is 35.5. The summed E-state index contributed by atoms with van der Waals surface area (Å²) in [5, 5.41) is 10.8. The number of aromatic amines is 1. The molecule has 0 fully saturated rings. The second kappa shape index (κ2) is 3.99. The van der Waals surface area contributed by atoms with Gasteiger partial charge in [0.2, 0.25) is 5.82 Å². The first-order valence-corrected chi connectivity index (χ1v) is 5.16. The van der Waals surface area contributed by atoms with Crippen LogP contribution in [0.2, 0.25) is 5.02 Å². The van der Waals surface area contributed by atoms with Crippen molar-refractivity contribution in [2.75, 3.05) is 0 Å². The number of H-pyrrole nitrogens is 1. The van der Waals surface area contributed by atoms with Crippen molar-refractivity contribution in [1.82, 2.24) is 25.3 Å². The minimum atomic E-state index is 0.368. The number of nitrogens with zero attached hydrogens (tertiary/aromatic N) is 4. The molecule has 6 nitrogen and oxygen atoms in total. The highest BCUT2D eigenvalue weighted by Gasteiger charge is 2.12. The van der Waals surface area contributed by atoms with E-state index in [1.54, 1.807) is 24.3 Å². The number of rotatable bonds is 2. The Hall–Kier alpha value is -2.21. The molecule has 0 amide bonds. The molecular formula is C10H6ClN5O. The molecule has 2 aromatic heterocycles. The molecule has 1 N–H and O–H groups in total. The molecule has 0 aliphatic carbocycles. The summed E-state index contributed by atoms with van der Waals surface area (Å²) < 4.78 is 5.12. The summed E-state index contributed by atoms with van der Waals surface area (Å²) in [6, 6.07) is 7.13. The van der Waals surface area contributed by atoms with Crippen molar-refractivity contribution in [1.29, 1.82) is 0 Å². The molecule has 0 unspecified atom stereocenters. The SMILES string of the molecule is Clc1ccc(-c2nc(-c3ncn[nH]3)no2)cc1. The number of hydrogen-bond acceptors (Lipinski definition) is 5. The molecule has 0 radical (unpaired) electrons. The van der Waals surface area contributed by atoms with Gasteiger partial charge in [-0.25, -0.2) is 4.98 Å². The molecule has 3 rings (SSSR count). The second-order valence-corrected chi connectivity index (χ2v) is 3.70. The zero-order valence-corrected chi connectivity index (χ0v) is 9.22. The monoisotopic (exact) mass is 247 g/mol. The van der Waals surface area contributed by atoms with Crippen molar-refractivity contribution in [2.24, 2.45) is 0 Å². The van der Waals surface area contributed by atoms with Crippen LogP contribution >= 0.6 is 11.6 Å². The van der Waals surface area contributed by atoms with E-state index >= 15 is 0 Å². The third kappa shape index (κ3) is 1.90. The first kappa shape index (κ1) is 9.98. The van der Waals surface area contributed by atoms with Crippen LogP contribution in [0.25, 0.3) is 23.1 Å². The predicted octanol–water partition coefficient (Wildman–Crippen LogP) is 2.18. The van der Waals surface area contributed by atoms with Gasteiger partial charge in [-0.2, -0.15) is 10.1 Å². The van der Waals surface area contributed by atoms with Crippen LogP contribution in [0.15, 0.2) is 35.1 Å². The molecule has 84 valence electrons. The highest BCUT2D eigenvalue weighted by molar-refractivity contribution is 6.30.